The Morgan fingerprint density at radius 2 is 1.75 bits per heavy atom. The first kappa shape index (κ1) is 14.2. The molecule has 0 bridgehead atoms. The molecule has 2 aromatic carbocycles. The van der Waals surface area contributed by atoms with Crippen LogP contribution in [0.5, 0.6) is 0 Å². The molecule has 0 fully saturated rings. The van der Waals surface area contributed by atoms with Crippen molar-refractivity contribution in [1.82, 2.24) is 0 Å². The van der Waals surface area contributed by atoms with Crippen LogP contribution >= 0.6 is 11.6 Å². The summed E-state index contributed by atoms with van der Waals surface area (Å²) in [6.07, 6.45) is 2.55. The molecular weight excluding hydrogens is 276 g/mol. The zero-order valence-corrected chi connectivity index (χ0v) is 11.5. The van der Waals surface area contributed by atoms with Crippen LogP contribution in [0.15, 0.2) is 53.5 Å². The summed E-state index contributed by atoms with van der Waals surface area (Å²) in [7, 11) is 0. The molecule has 102 valence electrons. The number of halogens is 1. The molecule has 0 aromatic heterocycles. The van der Waals surface area contributed by atoms with Gasteiger partial charge in [0.05, 0.1) is 4.92 Å². The van der Waals surface area contributed by atoms with E-state index in [-0.39, 0.29) is 5.69 Å². The molecule has 0 heterocycles. The number of nitro groups is 1. The van der Waals surface area contributed by atoms with Crippen LogP contribution in [-0.2, 0) is 6.42 Å². The van der Waals surface area contributed by atoms with Crippen molar-refractivity contribution >= 4 is 23.5 Å². The van der Waals surface area contributed by atoms with E-state index in [9.17, 15) is 10.1 Å². The third-order valence-electron chi connectivity index (χ3n) is 2.79. The molecule has 0 atom stereocenters. The average molecular weight is 289 g/mol. The van der Waals surface area contributed by atoms with Crippen molar-refractivity contribution in [2.24, 2.45) is 4.99 Å². The molecule has 4 nitrogen and oxygen atoms in total. The van der Waals surface area contributed by atoms with Crippen molar-refractivity contribution in [3.05, 3.63) is 74.8 Å². The molecule has 0 spiro atoms. The van der Waals surface area contributed by atoms with Crippen molar-refractivity contribution in [3.63, 3.8) is 0 Å². The molecule has 0 unspecified atom stereocenters. The topological polar surface area (TPSA) is 55.5 Å². The van der Waals surface area contributed by atoms with Crippen molar-refractivity contribution in [3.8, 4) is 0 Å². The summed E-state index contributed by atoms with van der Waals surface area (Å²) in [5.41, 5.74) is 2.14. The highest BCUT2D eigenvalue weighted by Gasteiger charge is 2.03. The predicted molar refractivity (Wildman–Crippen MR) is 80.7 cm³/mol. The number of hydrogen-bond acceptors (Lipinski definition) is 3. The Hall–Kier alpha value is -2.20. The lowest BCUT2D eigenvalue weighted by Gasteiger charge is -1.98. The molecular formula is C15H13ClN2O2. The van der Waals surface area contributed by atoms with Gasteiger partial charge in [-0.3, -0.25) is 15.1 Å². The van der Waals surface area contributed by atoms with Gasteiger partial charge in [-0.25, -0.2) is 0 Å². The minimum atomic E-state index is -0.400. The molecule has 0 aliphatic carbocycles. The summed E-state index contributed by atoms with van der Waals surface area (Å²) in [6, 6.07) is 14.0. The van der Waals surface area contributed by atoms with E-state index in [2.05, 4.69) is 4.99 Å². The fourth-order valence-electron chi connectivity index (χ4n) is 1.70. The van der Waals surface area contributed by atoms with Crippen LogP contribution < -0.4 is 0 Å². The first-order valence-corrected chi connectivity index (χ1v) is 6.52. The fraction of sp³-hybridized carbons (Fsp3) is 0.133. The maximum absolute atomic E-state index is 10.5. The van der Waals surface area contributed by atoms with E-state index in [0.717, 1.165) is 17.5 Å². The van der Waals surface area contributed by atoms with E-state index in [0.29, 0.717) is 11.6 Å². The van der Waals surface area contributed by atoms with Crippen molar-refractivity contribution < 1.29 is 4.92 Å². The summed E-state index contributed by atoms with van der Waals surface area (Å²) >= 11 is 5.80. The first-order chi connectivity index (χ1) is 9.65. The van der Waals surface area contributed by atoms with Gasteiger partial charge in [-0.05, 0) is 29.7 Å². The number of benzene rings is 2. The van der Waals surface area contributed by atoms with Crippen molar-refractivity contribution in [2.75, 3.05) is 6.54 Å². The maximum atomic E-state index is 10.5. The van der Waals surface area contributed by atoms with Crippen molar-refractivity contribution in [2.45, 2.75) is 6.42 Å². The lowest BCUT2D eigenvalue weighted by molar-refractivity contribution is -0.384. The maximum Gasteiger partial charge on any atom is 0.269 e. The number of rotatable bonds is 5. The largest absolute Gasteiger partial charge is 0.292 e. The Bertz CT molecular complexity index is 607. The van der Waals surface area contributed by atoms with Gasteiger partial charge < -0.3 is 0 Å². The van der Waals surface area contributed by atoms with E-state index in [1.807, 2.05) is 24.3 Å². The van der Waals surface area contributed by atoms with Gasteiger partial charge in [0.15, 0.2) is 0 Å². The first-order valence-electron chi connectivity index (χ1n) is 6.14. The normalized spacial score (nSPS) is 10.8. The van der Waals surface area contributed by atoms with Crippen LogP contribution in [0.3, 0.4) is 0 Å². The highest BCUT2D eigenvalue weighted by Crippen LogP contribution is 2.12. The van der Waals surface area contributed by atoms with Crippen LogP contribution in [-0.4, -0.2) is 17.7 Å². The van der Waals surface area contributed by atoms with Crippen LogP contribution in [0.4, 0.5) is 5.69 Å². The second kappa shape index (κ2) is 6.82. The minimum Gasteiger partial charge on any atom is -0.292 e. The highest BCUT2D eigenvalue weighted by atomic mass is 35.5. The quantitative estimate of drug-likeness (QED) is 0.476. The molecule has 0 saturated carbocycles. The number of aliphatic imine (C=N–C) groups is 1. The van der Waals surface area contributed by atoms with E-state index >= 15 is 0 Å². The molecule has 0 N–H and O–H groups in total. The fourth-order valence-corrected chi connectivity index (χ4v) is 1.82. The Balaban J connectivity index is 1.86. The van der Waals surface area contributed by atoms with Gasteiger partial charge in [0.1, 0.15) is 0 Å². The lowest BCUT2D eigenvalue weighted by atomic mass is 10.1. The van der Waals surface area contributed by atoms with Crippen LogP contribution in [0, 0.1) is 10.1 Å². The van der Waals surface area contributed by atoms with Crippen molar-refractivity contribution in [1.29, 1.82) is 0 Å². The zero-order valence-electron chi connectivity index (χ0n) is 10.7. The number of non-ortho nitro benzene ring substituents is 1. The number of hydrogen-bond donors (Lipinski definition) is 0. The van der Waals surface area contributed by atoms with Gasteiger partial charge in [-0.1, -0.05) is 35.9 Å². The summed E-state index contributed by atoms with van der Waals surface area (Å²) in [5.74, 6) is 0. The molecule has 0 aliphatic rings. The van der Waals surface area contributed by atoms with E-state index in [1.165, 1.54) is 12.1 Å². The molecule has 2 aromatic rings. The third-order valence-corrected chi connectivity index (χ3v) is 3.04. The van der Waals surface area contributed by atoms with Crippen LogP contribution in [0.25, 0.3) is 0 Å². The summed E-state index contributed by atoms with van der Waals surface area (Å²) in [4.78, 5) is 14.4. The SMILES string of the molecule is O=[N+]([O-])c1ccc(CCN=Cc2ccc(Cl)cc2)cc1. The average Bonchev–Trinajstić information content (AvgIpc) is 2.46. The molecule has 20 heavy (non-hydrogen) atoms. The Kier molecular flexibility index (Phi) is 4.85. The zero-order chi connectivity index (χ0) is 14.4. The van der Waals surface area contributed by atoms with Gasteiger partial charge in [-0.15, -0.1) is 0 Å². The van der Waals surface area contributed by atoms with E-state index < -0.39 is 4.92 Å². The summed E-state index contributed by atoms with van der Waals surface area (Å²) in [5, 5.41) is 11.2. The molecule has 0 amide bonds. The third kappa shape index (κ3) is 4.17. The molecule has 5 heteroatoms. The molecule has 0 radical (unpaired) electrons. The minimum absolute atomic E-state index is 0.110. The van der Waals surface area contributed by atoms with Gasteiger partial charge in [0.25, 0.3) is 5.69 Å². The van der Waals surface area contributed by atoms with Gasteiger partial charge in [-0.2, -0.15) is 0 Å². The Labute approximate surface area is 121 Å². The van der Waals surface area contributed by atoms with Gasteiger partial charge >= 0.3 is 0 Å². The van der Waals surface area contributed by atoms with Crippen LogP contribution in [0.1, 0.15) is 11.1 Å². The van der Waals surface area contributed by atoms with Gasteiger partial charge in [0.2, 0.25) is 0 Å². The van der Waals surface area contributed by atoms with E-state index in [4.69, 9.17) is 11.6 Å². The highest BCUT2D eigenvalue weighted by molar-refractivity contribution is 6.30. The second-order valence-corrected chi connectivity index (χ2v) is 4.70. The summed E-state index contributed by atoms with van der Waals surface area (Å²) in [6.45, 7) is 0.639. The smallest absolute Gasteiger partial charge is 0.269 e. The number of nitrogens with zero attached hydrogens (tertiary/aromatic N) is 2. The molecule has 0 aliphatic heterocycles. The van der Waals surface area contributed by atoms with E-state index in [1.54, 1.807) is 18.3 Å². The Morgan fingerprint density at radius 1 is 1.10 bits per heavy atom. The lowest BCUT2D eigenvalue weighted by Crippen LogP contribution is -1.92. The molecule has 0 saturated heterocycles. The summed E-state index contributed by atoms with van der Waals surface area (Å²) < 4.78 is 0. The standard InChI is InChI=1S/C15H13ClN2O2/c16-14-5-1-13(2-6-14)11-17-10-9-12-3-7-15(8-4-12)18(19)20/h1-8,11H,9-10H2. The van der Waals surface area contributed by atoms with Crippen LogP contribution in [0.2, 0.25) is 5.02 Å². The monoisotopic (exact) mass is 288 g/mol. The Morgan fingerprint density at radius 3 is 2.35 bits per heavy atom. The second-order valence-electron chi connectivity index (χ2n) is 4.26. The predicted octanol–water partition coefficient (Wildman–Crippen LogP) is 3.91. The molecule has 2 rings (SSSR count). The number of nitro benzene ring substituents is 1. The van der Waals surface area contributed by atoms with Gasteiger partial charge in [0, 0.05) is 29.9 Å².